The van der Waals surface area contributed by atoms with Crippen LogP contribution >= 0.6 is 0 Å². The van der Waals surface area contributed by atoms with E-state index in [9.17, 15) is 0 Å². The van der Waals surface area contributed by atoms with Gasteiger partial charge in [-0.15, -0.1) is 0 Å². The van der Waals surface area contributed by atoms with Crippen LogP contribution in [-0.4, -0.2) is 52.8 Å². The summed E-state index contributed by atoms with van der Waals surface area (Å²) in [6.45, 7) is 3.83. The van der Waals surface area contributed by atoms with E-state index in [2.05, 4.69) is 45.8 Å². The van der Waals surface area contributed by atoms with Crippen LogP contribution in [0.3, 0.4) is 0 Å². The Labute approximate surface area is 171 Å². The van der Waals surface area contributed by atoms with Crippen molar-refractivity contribution in [3.05, 3.63) is 54.0 Å². The largest absolute Gasteiger partial charge is 0.347 e. The minimum atomic E-state index is -0.382. The number of imidazole rings is 1. The van der Waals surface area contributed by atoms with E-state index in [0.29, 0.717) is 13.2 Å². The number of hydrogen-bond donors (Lipinski definition) is 0. The third-order valence-corrected chi connectivity index (χ3v) is 6.04. The van der Waals surface area contributed by atoms with Gasteiger partial charge in [-0.3, -0.25) is 4.57 Å². The SMILES string of the molecule is CN1CCC(Cc2cccc(-n3cnc4ccc(C5OCCCO5)nc43)c2)CC1. The van der Waals surface area contributed by atoms with Crippen LogP contribution < -0.4 is 0 Å². The molecule has 0 spiro atoms. The Morgan fingerprint density at radius 3 is 2.72 bits per heavy atom. The van der Waals surface area contributed by atoms with Crippen molar-refractivity contribution in [3.8, 4) is 5.69 Å². The summed E-state index contributed by atoms with van der Waals surface area (Å²) < 4.78 is 13.5. The van der Waals surface area contributed by atoms with Gasteiger partial charge in [-0.1, -0.05) is 12.1 Å². The summed E-state index contributed by atoms with van der Waals surface area (Å²) in [5.74, 6) is 0.770. The van der Waals surface area contributed by atoms with Gasteiger partial charge in [-0.25, -0.2) is 9.97 Å². The zero-order valence-corrected chi connectivity index (χ0v) is 17.0. The summed E-state index contributed by atoms with van der Waals surface area (Å²) in [5, 5.41) is 0. The highest BCUT2D eigenvalue weighted by molar-refractivity contribution is 5.73. The Morgan fingerprint density at radius 2 is 1.90 bits per heavy atom. The number of likely N-dealkylation sites (tertiary alicyclic amines) is 1. The maximum Gasteiger partial charge on any atom is 0.201 e. The number of aromatic nitrogens is 3. The van der Waals surface area contributed by atoms with Gasteiger partial charge in [0.05, 0.1) is 18.9 Å². The van der Waals surface area contributed by atoms with Gasteiger partial charge in [-0.05, 0) is 81.6 Å². The molecule has 0 aliphatic carbocycles. The van der Waals surface area contributed by atoms with Gasteiger partial charge in [-0.2, -0.15) is 0 Å². The van der Waals surface area contributed by atoms with Crippen LogP contribution in [-0.2, 0) is 15.9 Å². The van der Waals surface area contributed by atoms with E-state index in [-0.39, 0.29) is 6.29 Å². The van der Waals surface area contributed by atoms with Crippen molar-refractivity contribution in [2.24, 2.45) is 5.92 Å². The second-order valence-corrected chi connectivity index (χ2v) is 8.24. The normalized spacial score (nSPS) is 19.8. The standard InChI is InChI=1S/C23H28N4O2/c1-26-10-8-17(9-11-26)14-18-4-2-5-19(15-18)27-16-24-20-6-7-21(25-22(20)27)23-28-12-3-13-29-23/h2,4-7,15-17,23H,3,8-14H2,1H3. The maximum absolute atomic E-state index is 5.73. The second-order valence-electron chi connectivity index (χ2n) is 8.24. The first kappa shape index (κ1) is 18.7. The number of benzene rings is 1. The first-order valence-corrected chi connectivity index (χ1v) is 10.6. The van der Waals surface area contributed by atoms with Crippen LogP contribution in [0.5, 0.6) is 0 Å². The van der Waals surface area contributed by atoms with Gasteiger partial charge < -0.3 is 14.4 Å². The molecule has 0 saturated carbocycles. The Hall–Kier alpha value is -2.28. The van der Waals surface area contributed by atoms with Crippen LogP contribution in [0.25, 0.3) is 16.9 Å². The molecule has 4 heterocycles. The number of fused-ring (bicyclic) bond motifs is 1. The smallest absolute Gasteiger partial charge is 0.201 e. The Bertz CT molecular complexity index is 972. The topological polar surface area (TPSA) is 52.4 Å². The lowest BCUT2D eigenvalue weighted by Gasteiger charge is -2.29. The molecule has 5 rings (SSSR count). The summed E-state index contributed by atoms with van der Waals surface area (Å²) in [5.41, 5.74) is 5.02. The van der Waals surface area contributed by atoms with Crippen molar-refractivity contribution < 1.29 is 9.47 Å². The zero-order valence-electron chi connectivity index (χ0n) is 17.0. The number of hydrogen-bond acceptors (Lipinski definition) is 5. The summed E-state index contributed by atoms with van der Waals surface area (Å²) in [7, 11) is 2.21. The monoisotopic (exact) mass is 392 g/mol. The molecular weight excluding hydrogens is 364 g/mol. The van der Waals surface area contributed by atoms with E-state index >= 15 is 0 Å². The molecule has 6 nitrogen and oxygen atoms in total. The summed E-state index contributed by atoms with van der Waals surface area (Å²) in [4.78, 5) is 11.8. The average Bonchev–Trinajstić information content (AvgIpc) is 3.19. The molecular formula is C23H28N4O2. The number of ether oxygens (including phenoxy) is 2. The van der Waals surface area contributed by atoms with Crippen LogP contribution in [0.2, 0.25) is 0 Å². The van der Waals surface area contributed by atoms with Crippen molar-refractivity contribution >= 4 is 11.2 Å². The van der Waals surface area contributed by atoms with Crippen LogP contribution in [0.4, 0.5) is 0 Å². The molecule has 2 aliphatic rings. The van der Waals surface area contributed by atoms with Gasteiger partial charge >= 0.3 is 0 Å². The van der Waals surface area contributed by atoms with Crippen molar-refractivity contribution in [1.29, 1.82) is 0 Å². The van der Waals surface area contributed by atoms with Gasteiger partial charge in [0.2, 0.25) is 6.29 Å². The molecule has 0 N–H and O–H groups in total. The molecule has 0 bridgehead atoms. The highest BCUT2D eigenvalue weighted by Crippen LogP contribution is 2.26. The van der Waals surface area contributed by atoms with E-state index in [1.54, 1.807) is 0 Å². The van der Waals surface area contributed by atoms with Crippen LogP contribution in [0.1, 0.15) is 36.8 Å². The van der Waals surface area contributed by atoms with E-state index in [0.717, 1.165) is 41.3 Å². The van der Waals surface area contributed by atoms with E-state index in [4.69, 9.17) is 14.5 Å². The van der Waals surface area contributed by atoms with Gasteiger partial charge in [0.15, 0.2) is 5.65 Å². The fourth-order valence-electron chi connectivity index (χ4n) is 4.32. The molecule has 1 aromatic carbocycles. The fourth-order valence-corrected chi connectivity index (χ4v) is 4.32. The molecule has 0 atom stereocenters. The van der Waals surface area contributed by atoms with Crippen molar-refractivity contribution in [1.82, 2.24) is 19.4 Å². The van der Waals surface area contributed by atoms with Gasteiger partial charge in [0.1, 0.15) is 11.8 Å². The van der Waals surface area contributed by atoms with Crippen molar-refractivity contribution in [2.75, 3.05) is 33.4 Å². The number of rotatable bonds is 4. The summed E-state index contributed by atoms with van der Waals surface area (Å²) in [6.07, 6.45) is 6.10. The van der Waals surface area contributed by atoms with Gasteiger partial charge in [0.25, 0.3) is 0 Å². The number of piperidine rings is 1. The Kier molecular flexibility index (Phi) is 5.31. The molecule has 2 saturated heterocycles. The highest BCUT2D eigenvalue weighted by Gasteiger charge is 2.20. The minimum absolute atomic E-state index is 0.382. The average molecular weight is 393 g/mol. The lowest BCUT2D eigenvalue weighted by molar-refractivity contribution is -0.184. The molecule has 0 amide bonds. The number of pyridine rings is 1. The molecule has 2 aliphatic heterocycles. The summed E-state index contributed by atoms with van der Waals surface area (Å²) in [6, 6.07) is 12.7. The fraction of sp³-hybridized carbons (Fsp3) is 0.478. The molecule has 6 heteroatoms. The third-order valence-electron chi connectivity index (χ3n) is 6.04. The zero-order chi connectivity index (χ0) is 19.6. The lowest BCUT2D eigenvalue weighted by atomic mass is 9.90. The predicted octanol–water partition coefficient (Wildman–Crippen LogP) is 3.74. The molecule has 0 unspecified atom stereocenters. The first-order valence-electron chi connectivity index (χ1n) is 10.6. The Balaban J connectivity index is 1.41. The highest BCUT2D eigenvalue weighted by atomic mass is 16.7. The van der Waals surface area contributed by atoms with Crippen LogP contribution in [0.15, 0.2) is 42.7 Å². The van der Waals surface area contributed by atoms with Crippen molar-refractivity contribution in [2.45, 2.75) is 32.0 Å². The molecule has 2 fully saturated rings. The molecule has 29 heavy (non-hydrogen) atoms. The van der Waals surface area contributed by atoms with Crippen LogP contribution in [0, 0.1) is 5.92 Å². The molecule has 152 valence electrons. The molecule has 3 aromatic rings. The quantitative estimate of drug-likeness (QED) is 0.677. The van der Waals surface area contributed by atoms with E-state index < -0.39 is 0 Å². The number of nitrogens with zero attached hydrogens (tertiary/aromatic N) is 4. The van der Waals surface area contributed by atoms with E-state index in [1.165, 1.54) is 31.5 Å². The van der Waals surface area contributed by atoms with E-state index in [1.807, 2.05) is 18.5 Å². The Morgan fingerprint density at radius 1 is 1.07 bits per heavy atom. The molecule has 2 aromatic heterocycles. The lowest BCUT2D eigenvalue weighted by Crippen LogP contribution is -2.30. The predicted molar refractivity (Wildman–Crippen MR) is 112 cm³/mol. The minimum Gasteiger partial charge on any atom is -0.347 e. The maximum atomic E-state index is 5.73. The third kappa shape index (κ3) is 4.06. The second kappa shape index (κ2) is 8.22. The first-order chi connectivity index (χ1) is 14.3. The van der Waals surface area contributed by atoms with Crippen molar-refractivity contribution in [3.63, 3.8) is 0 Å². The summed E-state index contributed by atoms with van der Waals surface area (Å²) >= 11 is 0. The van der Waals surface area contributed by atoms with Gasteiger partial charge in [0, 0.05) is 5.69 Å². The molecule has 0 radical (unpaired) electrons.